The van der Waals surface area contributed by atoms with Gasteiger partial charge in [-0.3, -0.25) is 0 Å². The van der Waals surface area contributed by atoms with Gasteiger partial charge >= 0.3 is 67.7 Å². The van der Waals surface area contributed by atoms with Crippen LogP contribution in [0, 0.1) is 0 Å². The minimum atomic E-state index is 0. The van der Waals surface area contributed by atoms with Gasteiger partial charge in [-0.1, -0.05) is 0 Å². The number of hydrogen-bond donors (Lipinski definition) is 0. The Morgan fingerprint density at radius 1 is 0.400 bits per heavy atom. The van der Waals surface area contributed by atoms with E-state index in [1.165, 1.54) is 0 Å². The Hall–Kier alpha value is 1.81. The summed E-state index contributed by atoms with van der Waals surface area (Å²) in [7, 11) is 0. The minimum Gasteiger partial charge on any atom is -2.00 e. The number of hydrogen-bond acceptors (Lipinski definition) is 0. The van der Waals surface area contributed by atoms with E-state index in [-0.39, 0.29) is 101 Å². The van der Waals surface area contributed by atoms with E-state index in [9.17, 15) is 0 Å². The van der Waals surface area contributed by atoms with Crippen molar-refractivity contribution in [3.05, 3.63) is 0 Å². The van der Waals surface area contributed by atoms with E-state index in [0.29, 0.717) is 0 Å². The van der Waals surface area contributed by atoms with Crippen molar-refractivity contribution in [2.75, 3.05) is 0 Å². The van der Waals surface area contributed by atoms with E-state index in [1.807, 2.05) is 0 Å². The van der Waals surface area contributed by atoms with Crippen LogP contribution >= 0.6 is 0 Å². The van der Waals surface area contributed by atoms with E-state index in [4.69, 9.17) is 0 Å². The fourth-order valence-electron chi connectivity index (χ4n) is 0. The molecular weight excluding hydrogens is 267 g/mol. The van der Waals surface area contributed by atoms with Crippen LogP contribution in [-0.2, 0) is 60.4 Å². The Kier molecular flexibility index (Phi) is 13300. The Morgan fingerprint density at radius 3 is 0.400 bits per heavy atom. The Labute approximate surface area is 100 Å². The van der Waals surface area contributed by atoms with Gasteiger partial charge in [0.1, 0.15) is 0 Å². The minimum absolute atomic E-state index is 0. The molecule has 0 atom stereocenters. The van der Waals surface area contributed by atoms with Crippen molar-refractivity contribution in [3.8, 4) is 0 Å². The molecule has 0 aromatic rings. The maximum atomic E-state index is 0. The topological polar surface area (TPSA) is 174 Å². The van der Waals surface area contributed by atoms with Crippen LogP contribution in [0.3, 0.4) is 0 Å². The van der Waals surface area contributed by atoms with Gasteiger partial charge in [-0.15, -0.1) is 0 Å². The van der Waals surface area contributed by atoms with Crippen molar-refractivity contribution >= 4 is 34.7 Å². The van der Waals surface area contributed by atoms with Crippen molar-refractivity contribution in [1.82, 2.24) is 0 Å². The second-order valence-electron chi connectivity index (χ2n) is 0. The molecule has 0 amide bonds. The van der Waals surface area contributed by atoms with E-state index in [2.05, 4.69) is 0 Å². The average Bonchev–Trinajstić information content (AvgIpc) is 0. The summed E-state index contributed by atoms with van der Waals surface area (Å²) in [5, 5.41) is 0. The molecular formula is H2Al2Ni2O6. The molecule has 0 unspecified atom stereocenters. The van der Waals surface area contributed by atoms with Gasteiger partial charge in [0.15, 0.2) is 0 Å². The maximum Gasteiger partial charge on any atom is 3.00 e. The van der Waals surface area contributed by atoms with Crippen LogP contribution in [0.5, 0.6) is 0 Å². The van der Waals surface area contributed by atoms with Crippen LogP contribution in [-0.4, -0.2) is 40.2 Å². The summed E-state index contributed by atoms with van der Waals surface area (Å²) in [6.07, 6.45) is 0. The largest absolute Gasteiger partial charge is 3.00 e. The fraction of sp³-hybridized carbons (Fsp3) is 0. The maximum absolute atomic E-state index is 0. The summed E-state index contributed by atoms with van der Waals surface area (Å²) >= 11 is 0. The first-order valence-corrected chi connectivity index (χ1v) is 0. The van der Waals surface area contributed by atoms with Gasteiger partial charge in [0.25, 0.3) is 0 Å². The molecule has 0 fully saturated rings. The Bertz CT molecular complexity index is 13.7. The van der Waals surface area contributed by atoms with Crippen molar-refractivity contribution < 1.29 is 65.8 Å². The zero-order valence-corrected chi connectivity index (χ0v) is 8.61. The third-order valence-corrected chi connectivity index (χ3v) is 0. The summed E-state index contributed by atoms with van der Waals surface area (Å²) in [5.41, 5.74) is 0. The molecule has 0 radical (unpaired) electrons. The molecule has 6 nitrogen and oxygen atoms in total. The molecule has 0 aromatic carbocycles. The van der Waals surface area contributed by atoms with Gasteiger partial charge in [0.05, 0.1) is 0 Å². The third-order valence-electron chi connectivity index (χ3n) is 0. The first-order valence-electron chi connectivity index (χ1n) is 0. The molecule has 0 aliphatic heterocycles. The third kappa shape index (κ3) is 232. The number of rotatable bonds is 0. The van der Waals surface area contributed by atoms with E-state index in [1.54, 1.807) is 0 Å². The summed E-state index contributed by atoms with van der Waals surface area (Å²) in [6.45, 7) is 0. The van der Waals surface area contributed by atoms with Crippen LogP contribution in [0.1, 0.15) is 0 Å². The van der Waals surface area contributed by atoms with Crippen LogP contribution in [0.4, 0.5) is 0 Å². The molecule has 64 valence electrons. The van der Waals surface area contributed by atoms with Gasteiger partial charge < -0.3 is 32.9 Å². The first-order chi connectivity index (χ1) is 0. The predicted octanol–water partition coefficient (Wildman–Crippen LogP) is -2.19. The second-order valence-corrected chi connectivity index (χ2v) is 0. The Morgan fingerprint density at radius 2 is 0.400 bits per heavy atom. The molecule has 2 N–H and O–H groups in total. The molecule has 0 rings (SSSR count). The van der Waals surface area contributed by atoms with Gasteiger partial charge in [0, 0.05) is 0 Å². The van der Waals surface area contributed by atoms with Gasteiger partial charge in [-0.2, -0.15) is 0 Å². The van der Waals surface area contributed by atoms with Crippen LogP contribution < -0.4 is 0 Å². The zero-order chi connectivity index (χ0) is 0. The molecule has 0 saturated carbocycles. The molecule has 10 heavy (non-hydrogen) atoms. The first kappa shape index (κ1) is 421. The molecule has 0 aliphatic rings. The van der Waals surface area contributed by atoms with Crippen molar-refractivity contribution in [2.45, 2.75) is 0 Å². The Balaban J connectivity index is 0. The molecule has 0 spiro atoms. The summed E-state index contributed by atoms with van der Waals surface area (Å²) < 4.78 is 0. The molecule has 0 aromatic heterocycles. The van der Waals surface area contributed by atoms with Crippen molar-refractivity contribution in [2.24, 2.45) is 0 Å². The van der Waals surface area contributed by atoms with Crippen LogP contribution in [0.15, 0.2) is 0 Å². The van der Waals surface area contributed by atoms with Crippen molar-refractivity contribution in [3.63, 3.8) is 0 Å². The van der Waals surface area contributed by atoms with Crippen LogP contribution in [0.25, 0.3) is 0 Å². The predicted molar refractivity (Wildman–Crippen MR) is 18.6 cm³/mol. The summed E-state index contributed by atoms with van der Waals surface area (Å²) in [4.78, 5) is 0. The molecule has 0 saturated heterocycles. The standard InChI is InChI=1S/2Al.2Ni.H2O.5O/h;;;;1H2;;;;;/q2*+3;2*+2;;5*-2. The molecule has 10 heteroatoms. The monoisotopic (exact) mass is 268 g/mol. The SMILES string of the molecule is O.[Al+3].[Al+3].[Ni+2].[Ni+2].[O-2].[O-2].[O-2].[O-2].[O-2]. The molecule has 0 bridgehead atoms. The smallest absolute Gasteiger partial charge is 2.00 e. The van der Waals surface area contributed by atoms with Gasteiger partial charge in [-0.25, -0.2) is 0 Å². The van der Waals surface area contributed by atoms with E-state index in [0.717, 1.165) is 0 Å². The fourth-order valence-corrected chi connectivity index (χ4v) is 0. The zero-order valence-electron chi connectivity index (χ0n) is 4.33. The normalized spacial score (nSPS) is 0. The average molecular weight is 269 g/mol. The van der Waals surface area contributed by atoms with E-state index >= 15 is 0 Å². The summed E-state index contributed by atoms with van der Waals surface area (Å²) in [6, 6.07) is 0. The second kappa shape index (κ2) is 317. The van der Waals surface area contributed by atoms with Crippen LogP contribution in [0.2, 0.25) is 0 Å². The molecule has 0 heterocycles. The van der Waals surface area contributed by atoms with Gasteiger partial charge in [0.2, 0.25) is 0 Å². The quantitative estimate of drug-likeness (QED) is 0.435. The summed E-state index contributed by atoms with van der Waals surface area (Å²) in [5.74, 6) is 0. The van der Waals surface area contributed by atoms with Gasteiger partial charge in [-0.05, 0) is 0 Å². The van der Waals surface area contributed by atoms with E-state index < -0.39 is 0 Å². The molecule has 0 aliphatic carbocycles. The van der Waals surface area contributed by atoms with Crippen molar-refractivity contribution in [1.29, 1.82) is 0 Å².